The van der Waals surface area contributed by atoms with Crippen molar-refractivity contribution in [1.82, 2.24) is 0 Å². The summed E-state index contributed by atoms with van der Waals surface area (Å²) >= 11 is 5.17. The molecule has 0 aliphatic heterocycles. The SMILES string of the molecule is O=C(O[C@@H](C(=O)c1ccccc1)c1ccccc1)c1ccccc1[S-]. The minimum absolute atomic E-state index is 0.276. The van der Waals surface area contributed by atoms with Crippen LogP contribution in [0.25, 0.3) is 0 Å². The van der Waals surface area contributed by atoms with E-state index in [1.165, 1.54) is 0 Å². The van der Waals surface area contributed by atoms with E-state index in [4.69, 9.17) is 17.4 Å². The molecule has 1 atom stereocenters. The molecule has 0 bridgehead atoms. The molecule has 0 saturated carbocycles. The highest BCUT2D eigenvalue weighted by Gasteiger charge is 2.26. The lowest BCUT2D eigenvalue weighted by Crippen LogP contribution is -2.20. The second-order valence-corrected chi connectivity index (χ2v) is 5.86. The number of ketones is 1. The van der Waals surface area contributed by atoms with Gasteiger partial charge in [-0.2, -0.15) is 4.90 Å². The summed E-state index contributed by atoms with van der Waals surface area (Å²) in [4.78, 5) is 25.8. The third-order valence-corrected chi connectivity index (χ3v) is 4.09. The first-order chi connectivity index (χ1) is 12.2. The lowest BCUT2D eigenvalue weighted by atomic mass is 10.00. The monoisotopic (exact) mass is 347 g/mol. The maximum absolute atomic E-state index is 12.9. The van der Waals surface area contributed by atoms with Gasteiger partial charge in [0.05, 0.1) is 0 Å². The molecule has 0 spiro atoms. The van der Waals surface area contributed by atoms with Crippen LogP contribution in [0.5, 0.6) is 0 Å². The second kappa shape index (κ2) is 7.73. The highest BCUT2D eigenvalue weighted by Crippen LogP contribution is 2.24. The molecule has 0 heterocycles. The van der Waals surface area contributed by atoms with Crippen molar-refractivity contribution < 1.29 is 14.3 Å². The van der Waals surface area contributed by atoms with Crippen LogP contribution in [-0.2, 0) is 17.4 Å². The van der Waals surface area contributed by atoms with Crippen molar-refractivity contribution >= 4 is 24.4 Å². The lowest BCUT2D eigenvalue weighted by Gasteiger charge is -2.19. The van der Waals surface area contributed by atoms with E-state index in [2.05, 4.69) is 0 Å². The Balaban J connectivity index is 1.94. The van der Waals surface area contributed by atoms with E-state index in [-0.39, 0.29) is 11.3 Å². The minimum atomic E-state index is -1.02. The molecule has 0 radical (unpaired) electrons. The van der Waals surface area contributed by atoms with Gasteiger partial charge in [0.1, 0.15) is 0 Å². The average Bonchev–Trinajstić information content (AvgIpc) is 2.67. The van der Waals surface area contributed by atoms with Crippen LogP contribution in [0.2, 0.25) is 0 Å². The summed E-state index contributed by atoms with van der Waals surface area (Å²) in [6, 6.07) is 24.5. The minimum Gasteiger partial charge on any atom is -0.779 e. The van der Waals surface area contributed by atoms with Gasteiger partial charge in [-0.1, -0.05) is 78.9 Å². The lowest BCUT2D eigenvalue weighted by molar-refractivity contribution is 0.0276. The van der Waals surface area contributed by atoms with E-state index in [0.717, 1.165) is 0 Å². The van der Waals surface area contributed by atoms with Crippen LogP contribution >= 0.6 is 0 Å². The number of esters is 1. The molecule has 0 unspecified atom stereocenters. The fourth-order valence-electron chi connectivity index (χ4n) is 2.46. The number of benzene rings is 3. The summed E-state index contributed by atoms with van der Waals surface area (Å²) < 4.78 is 5.56. The average molecular weight is 347 g/mol. The number of ether oxygens (including phenoxy) is 1. The second-order valence-electron chi connectivity index (χ2n) is 5.42. The van der Waals surface area contributed by atoms with Gasteiger partial charge in [0.25, 0.3) is 0 Å². The van der Waals surface area contributed by atoms with Gasteiger partial charge in [0, 0.05) is 16.7 Å². The smallest absolute Gasteiger partial charge is 0.337 e. The van der Waals surface area contributed by atoms with Crippen molar-refractivity contribution in [2.75, 3.05) is 0 Å². The summed E-state index contributed by atoms with van der Waals surface area (Å²) in [5.41, 5.74) is 1.38. The van der Waals surface area contributed by atoms with Gasteiger partial charge in [0.15, 0.2) is 6.10 Å². The maximum Gasteiger partial charge on any atom is 0.337 e. The van der Waals surface area contributed by atoms with Gasteiger partial charge < -0.3 is 17.4 Å². The number of carbonyl (C=O) groups is 2. The van der Waals surface area contributed by atoms with Gasteiger partial charge in [-0.25, -0.2) is 4.79 Å². The zero-order chi connectivity index (χ0) is 17.6. The van der Waals surface area contributed by atoms with Crippen LogP contribution in [0.4, 0.5) is 0 Å². The molecule has 0 amide bonds. The normalized spacial score (nSPS) is 11.5. The van der Waals surface area contributed by atoms with Gasteiger partial charge >= 0.3 is 5.97 Å². The standard InChI is InChI=1S/C21H16O3S/c22-19(15-9-3-1-4-10-15)20(16-11-5-2-6-12-16)24-21(23)17-13-7-8-14-18(17)25/h1-14,20,25H/p-1/t20-/m1/s1. The molecule has 25 heavy (non-hydrogen) atoms. The molecule has 4 heteroatoms. The zero-order valence-corrected chi connectivity index (χ0v) is 14.1. The molecule has 3 nitrogen and oxygen atoms in total. The van der Waals surface area contributed by atoms with Crippen LogP contribution in [0.1, 0.15) is 32.4 Å². The first-order valence-electron chi connectivity index (χ1n) is 7.78. The third kappa shape index (κ3) is 3.92. The van der Waals surface area contributed by atoms with Crippen LogP contribution in [-0.4, -0.2) is 11.8 Å². The topological polar surface area (TPSA) is 43.4 Å². The van der Waals surface area contributed by atoms with E-state index >= 15 is 0 Å². The summed E-state index contributed by atoms with van der Waals surface area (Å²) in [5.74, 6) is -0.884. The highest BCUT2D eigenvalue weighted by atomic mass is 32.1. The Hall–Kier alpha value is -2.98. The van der Waals surface area contributed by atoms with Crippen LogP contribution in [0.3, 0.4) is 0 Å². The Morgan fingerprint density at radius 3 is 1.96 bits per heavy atom. The first-order valence-corrected chi connectivity index (χ1v) is 8.19. The van der Waals surface area contributed by atoms with Crippen molar-refractivity contribution in [3.63, 3.8) is 0 Å². The van der Waals surface area contributed by atoms with E-state index in [9.17, 15) is 9.59 Å². The van der Waals surface area contributed by atoms with E-state index in [1.54, 1.807) is 72.8 Å². The van der Waals surface area contributed by atoms with Crippen LogP contribution < -0.4 is 0 Å². The number of rotatable bonds is 5. The molecule has 0 aliphatic carbocycles. The van der Waals surface area contributed by atoms with E-state index < -0.39 is 12.1 Å². The fraction of sp³-hybridized carbons (Fsp3) is 0.0476. The molecule has 0 saturated heterocycles. The highest BCUT2D eigenvalue weighted by molar-refractivity contribution is 7.58. The van der Waals surface area contributed by atoms with E-state index in [0.29, 0.717) is 16.0 Å². The van der Waals surface area contributed by atoms with E-state index in [1.807, 2.05) is 12.1 Å². The van der Waals surface area contributed by atoms with Crippen LogP contribution in [0, 0.1) is 0 Å². The van der Waals surface area contributed by atoms with Gasteiger partial charge in [-0.15, -0.1) is 0 Å². The molecule has 0 fully saturated rings. The molecular weight excluding hydrogens is 332 g/mol. The van der Waals surface area contributed by atoms with Gasteiger partial charge in [-0.05, 0) is 6.07 Å². The summed E-state index contributed by atoms with van der Waals surface area (Å²) in [5, 5.41) is 0. The number of carbonyl (C=O) groups excluding carboxylic acids is 2. The van der Waals surface area contributed by atoms with Crippen molar-refractivity contribution in [3.8, 4) is 0 Å². The number of Topliss-reactive ketones (excluding diaryl/α,β-unsaturated/α-hetero) is 1. The first kappa shape index (κ1) is 16.9. The molecular formula is C21H15O3S-. The third-order valence-electron chi connectivity index (χ3n) is 3.73. The molecule has 3 aromatic carbocycles. The summed E-state index contributed by atoms with van der Waals surface area (Å²) in [6.07, 6.45) is -1.02. The molecule has 0 aliphatic rings. The largest absolute Gasteiger partial charge is 0.779 e. The molecule has 0 N–H and O–H groups in total. The predicted molar refractivity (Wildman–Crippen MR) is 97.4 cm³/mol. The number of hydrogen-bond donors (Lipinski definition) is 0. The van der Waals surface area contributed by atoms with Gasteiger partial charge in [0.2, 0.25) is 5.78 Å². The molecule has 124 valence electrons. The number of hydrogen-bond acceptors (Lipinski definition) is 4. The Morgan fingerprint density at radius 2 is 1.32 bits per heavy atom. The Labute approximate surface area is 151 Å². The zero-order valence-electron chi connectivity index (χ0n) is 13.3. The summed E-state index contributed by atoms with van der Waals surface area (Å²) in [7, 11) is 0. The van der Waals surface area contributed by atoms with Crippen molar-refractivity contribution in [1.29, 1.82) is 0 Å². The van der Waals surface area contributed by atoms with Gasteiger partial charge in [-0.3, -0.25) is 4.79 Å². The summed E-state index contributed by atoms with van der Waals surface area (Å²) in [6.45, 7) is 0. The maximum atomic E-state index is 12.9. The quantitative estimate of drug-likeness (QED) is 0.390. The Morgan fingerprint density at radius 1 is 0.760 bits per heavy atom. The molecule has 3 aromatic rings. The predicted octanol–water partition coefficient (Wildman–Crippen LogP) is 4.37. The molecule has 0 aromatic heterocycles. The Kier molecular flexibility index (Phi) is 5.21. The van der Waals surface area contributed by atoms with Crippen molar-refractivity contribution in [3.05, 3.63) is 102 Å². The van der Waals surface area contributed by atoms with Crippen molar-refractivity contribution in [2.24, 2.45) is 0 Å². The fourth-order valence-corrected chi connectivity index (χ4v) is 2.69. The van der Waals surface area contributed by atoms with Crippen LogP contribution in [0.15, 0.2) is 89.8 Å². The van der Waals surface area contributed by atoms with Crippen molar-refractivity contribution in [2.45, 2.75) is 11.0 Å². The Bertz CT molecular complexity index is 876. The molecule has 3 rings (SSSR count).